The molecule has 136 valence electrons. The third-order valence-electron chi connectivity index (χ3n) is 4.07. The van der Waals surface area contributed by atoms with Crippen LogP contribution in [0.15, 0.2) is 0 Å². The van der Waals surface area contributed by atoms with Crippen LogP contribution in [0.2, 0.25) is 0 Å². The molecule has 0 aliphatic carbocycles. The molecule has 0 aromatic heterocycles. The summed E-state index contributed by atoms with van der Waals surface area (Å²) >= 11 is 0. The Balaban J connectivity index is 2.18. The van der Waals surface area contributed by atoms with Crippen LogP contribution in [-0.4, -0.2) is 115 Å². The minimum absolute atomic E-state index is 0.669. The number of ether oxygens (including phenoxy) is 3. The van der Waals surface area contributed by atoms with Crippen molar-refractivity contribution >= 4 is 0 Å². The molecular formula is C12H22O11. The molecule has 0 aromatic rings. The third kappa shape index (κ3) is 3.23. The summed E-state index contributed by atoms with van der Waals surface area (Å²) < 4.78 is 15.4. The molecule has 2 aliphatic heterocycles. The summed E-state index contributed by atoms with van der Waals surface area (Å²) in [6.45, 7) is -2.32. The Bertz CT molecular complexity index is 393. The van der Waals surface area contributed by atoms with Crippen molar-refractivity contribution in [3.63, 3.8) is 0 Å². The molecule has 0 radical (unpaired) electrons. The van der Waals surface area contributed by atoms with E-state index < -0.39 is 74.6 Å². The fourth-order valence-electron chi connectivity index (χ4n) is 2.63. The van der Waals surface area contributed by atoms with Gasteiger partial charge in [0, 0.05) is 0 Å². The second-order valence-corrected chi connectivity index (χ2v) is 5.56. The molecule has 0 bridgehead atoms. The van der Waals surface area contributed by atoms with Crippen LogP contribution in [0.1, 0.15) is 0 Å². The minimum atomic E-state index is -2.22. The highest BCUT2D eigenvalue weighted by molar-refractivity contribution is 4.98. The van der Waals surface area contributed by atoms with Crippen LogP contribution in [0.4, 0.5) is 0 Å². The first kappa shape index (κ1) is 18.9. The van der Waals surface area contributed by atoms with Crippen molar-refractivity contribution in [3.05, 3.63) is 0 Å². The van der Waals surface area contributed by atoms with Crippen molar-refractivity contribution in [3.8, 4) is 0 Å². The first-order valence-corrected chi connectivity index (χ1v) is 7.05. The lowest BCUT2D eigenvalue weighted by atomic mass is 9.99. The Morgan fingerprint density at radius 3 is 1.87 bits per heavy atom. The van der Waals surface area contributed by atoms with Gasteiger partial charge >= 0.3 is 0 Å². The number of hydrogen-bond acceptors (Lipinski definition) is 11. The van der Waals surface area contributed by atoms with Crippen molar-refractivity contribution in [1.82, 2.24) is 0 Å². The molecule has 0 amide bonds. The zero-order chi connectivity index (χ0) is 17.4. The summed E-state index contributed by atoms with van der Waals surface area (Å²) in [6.07, 6.45) is -12.7. The normalized spacial score (nSPS) is 51.1. The molecule has 23 heavy (non-hydrogen) atoms. The van der Waals surface area contributed by atoms with Gasteiger partial charge in [-0.1, -0.05) is 0 Å². The van der Waals surface area contributed by atoms with Crippen LogP contribution in [-0.2, 0) is 14.2 Å². The highest BCUT2D eigenvalue weighted by Gasteiger charge is 2.58. The van der Waals surface area contributed by atoms with Crippen molar-refractivity contribution in [2.75, 3.05) is 19.8 Å². The van der Waals surface area contributed by atoms with Gasteiger partial charge in [0.1, 0.15) is 49.3 Å². The smallest absolute Gasteiger partial charge is 0.224 e. The molecule has 9 atom stereocenters. The maximum Gasteiger partial charge on any atom is 0.224 e. The van der Waals surface area contributed by atoms with E-state index in [1.54, 1.807) is 0 Å². The van der Waals surface area contributed by atoms with Gasteiger partial charge in [0.15, 0.2) is 6.29 Å². The molecule has 11 nitrogen and oxygen atoms in total. The molecule has 0 unspecified atom stereocenters. The van der Waals surface area contributed by atoms with Gasteiger partial charge in [-0.05, 0) is 0 Å². The second kappa shape index (κ2) is 7.21. The Labute approximate surface area is 130 Å². The van der Waals surface area contributed by atoms with Gasteiger partial charge in [0.25, 0.3) is 0 Å². The number of hydrogen-bond donors (Lipinski definition) is 8. The molecule has 11 heteroatoms. The fourth-order valence-corrected chi connectivity index (χ4v) is 2.63. The summed E-state index contributed by atoms with van der Waals surface area (Å²) in [6, 6.07) is 0. The predicted octanol–water partition coefficient (Wildman–Crippen LogP) is -5.40. The van der Waals surface area contributed by atoms with Crippen LogP contribution in [0.5, 0.6) is 0 Å². The highest BCUT2D eigenvalue weighted by Crippen LogP contribution is 2.35. The monoisotopic (exact) mass is 342 g/mol. The minimum Gasteiger partial charge on any atom is -0.394 e. The Kier molecular flexibility index (Phi) is 5.92. The van der Waals surface area contributed by atoms with E-state index in [0.717, 1.165) is 0 Å². The van der Waals surface area contributed by atoms with Crippen LogP contribution in [0.3, 0.4) is 0 Å². The van der Waals surface area contributed by atoms with Gasteiger partial charge in [0.2, 0.25) is 5.79 Å². The number of rotatable bonds is 5. The van der Waals surface area contributed by atoms with Crippen molar-refractivity contribution in [2.45, 2.75) is 54.8 Å². The quantitative estimate of drug-likeness (QED) is 0.238. The predicted molar refractivity (Wildman–Crippen MR) is 68.6 cm³/mol. The zero-order valence-electron chi connectivity index (χ0n) is 12.0. The van der Waals surface area contributed by atoms with Gasteiger partial charge in [-0.15, -0.1) is 0 Å². The molecule has 0 aromatic carbocycles. The largest absolute Gasteiger partial charge is 0.394 e. The molecule has 2 rings (SSSR count). The average molecular weight is 342 g/mol. The molecule has 2 aliphatic rings. The van der Waals surface area contributed by atoms with E-state index >= 15 is 0 Å². The van der Waals surface area contributed by atoms with Gasteiger partial charge in [-0.3, -0.25) is 0 Å². The summed E-state index contributed by atoms with van der Waals surface area (Å²) in [4.78, 5) is 0. The zero-order valence-corrected chi connectivity index (χ0v) is 12.0. The van der Waals surface area contributed by atoms with E-state index in [4.69, 9.17) is 24.4 Å². The van der Waals surface area contributed by atoms with Crippen LogP contribution in [0.25, 0.3) is 0 Å². The molecular weight excluding hydrogens is 320 g/mol. The summed E-state index contributed by atoms with van der Waals surface area (Å²) in [5.74, 6) is -2.22. The van der Waals surface area contributed by atoms with E-state index in [1.165, 1.54) is 0 Å². The van der Waals surface area contributed by atoms with E-state index in [0.29, 0.717) is 0 Å². The Morgan fingerprint density at radius 1 is 0.783 bits per heavy atom. The summed E-state index contributed by atoms with van der Waals surface area (Å²) in [5.41, 5.74) is 0. The van der Waals surface area contributed by atoms with E-state index in [-0.39, 0.29) is 0 Å². The maximum atomic E-state index is 10.00. The topological polar surface area (TPSA) is 190 Å². The molecule has 8 N–H and O–H groups in total. The van der Waals surface area contributed by atoms with Gasteiger partial charge in [-0.25, -0.2) is 0 Å². The third-order valence-corrected chi connectivity index (χ3v) is 4.07. The Hall–Kier alpha value is -0.440. The van der Waals surface area contributed by atoms with E-state index in [9.17, 15) is 30.6 Å². The lowest BCUT2D eigenvalue weighted by Crippen LogP contribution is -2.62. The maximum absolute atomic E-state index is 10.00. The van der Waals surface area contributed by atoms with E-state index in [2.05, 4.69) is 0 Å². The lowest BCUT2D eigenvalue weighted by molar-refractivity contribution is -0.383. The summed E-state index contributed by atoms with van der Waals surface area (Å²) in [7, 11) is 0. The van der Waals surface area contributed by atoms with Crippen LogP contribution in [0, 0.1) is 0 Å². The fraction of sp³-hybridized carbons (Fsp3) is 1.00. The SMILES string of the molecule is OC[C@H]1O[C@@H](O[C@@]2(CO)O[C@H](CO)[C@@H](O)[C@H]2O)[C@H](O)[C@H](O)[C@@H]1O. The summed E-state index contributed by atoms with van der Waals surface area (Å²) in [5, 5.41) is 76.7. The standard InChI is InChI=1S/C12H22O11/c13-1-4-6(16)8(18)9(19)11(21-4)23-12(3-15)10(20)7(17)5(2-14)22-12/h4-11,13-20H,1-3H2/t4-,5-,6-,7-,8-,9-,10-,11+,12-/m1/s1. The van der Waals surface area contributed by atoms with Crippen LogP contribution < -0.4 is 0 Å². The molecule has 0 saturated carbocycles. The first-order valence-electron chi connectivity index (χ1n) is 7.05. The number of aliphatic hydroxyl groups excluding tert-OH is 8. The van der Waals surface area contributed by atoms with E-state index in [1.807, 2.05) is 0 Å². The van der Waals surface area contributed by atoms with Crippen LogP contribution >= 0.6 is 0 Å². The highest BCUT2D eigenvalue weighted by atomic mass is 16.8. The molecule has 2 heterocycles. The number of aliphatic hydroxyl groups is 8. The van der Waals surface area contributed by atoms with Crippen molar-refractivity contribution in [1.29, 1.82) is 0 Å². The van der Waals surface area contributed by atoms with Crippen molar-refractivity contribution in [2.24, 2.45) is 0 Å². The first-order chi connectivity index (χ1) is 10.8. The average Bonchev–Trinajstić information content (AvgIpc) is 2.80. The molecule has 2 fully saturated rings. The Morgan fingerprint density at radius 2 is 1.39 bits per heavy atom. The second-order valence-electron chi connectivity index (χ2n) is 5.56. The van der Waals surface area contributed by atoms with Gasteiger partial charge < -0.3 is 55.1 Å². The molecule has 0 spiro atoms. The lowest BCUT2D eigenvalue weighted by Gasteiger charge is -2.43. The van der Waals surface area contributed by atoms with Crippen molar-refractivity contribution < 1.29 is 55.1 Å². The molecule has 2 saturated heterocycles. The van der Waals surface area contributed by atoms with Gasteiger partial charge in [-0.2, -0.15) is 0 Å². The van der Waals surface area contributed by atoms with Gasteiger partial charge in [0.05, 0.1) is 13.2 Å².